The lowest BCUT2D eigenvalue weighted by Gasteiger charge is -2.09. The lowest BCUT2D eigenvalue weighted by molar-refractivity contribution is 0.0953. The lowest BCUT2D eigenvalue weighted by Crippen LogP contribution is -2.24. The number of nitrogens with zero attached hydrogens (tertiary/aromatic N) is 1. The van der Waals surface area contributed by atoms with E-state index in [9.17, 15) is 14.4 Å². The SMILES string of the molecule is CCCNC(=O)c1ccc(NC(=O)c2ccn(C)c(=O)c2)cc1Cl. The van der Waals surface area contributed by atoms with Gasteiger partial charge < -0.3 is 15.2 Å². The number of hydrogen-bond donors (Lipinski definition) is 2. The molecule has 0 bridgehead atoms. The molecule has 0 aliphatic rings. The van der Waals surface area contributed by atoms with Crippen LogP contribution in [-0.2, 0) is 7.05 Å². The highest BCUT2D eigenvalue weighted by Crippen LogP contribution is 2.21. The second-order valence-corrected chi connectivity index (χ2v) is 5.68. The zero-order valence-corrected chi connectivity index (χ0v) is 14.2. The van der Waals surface area contributed by atoms with Crippen LogP contribution < -0.4 is 16.2 Å². The highest BCUT2D eigenvalue weighted by Gasteiger charge is 2.12. The molecule has 0 fully saturated rings. The summed E-state index contributed by atoms with van der Waals surface area (Å²) in [4.78, 5) is 35.7. The van der Waals surface area contributed by atoms with Gasteiger partial charge in [-0.1, -0.05) is 18.5 Å². The lowest BCUT2D eigenvalue weighted by atomic mass is 10.1. The number of rotatable bonds is 5. The first-order valence-electron chi connectivity index (χ1n) is 7.48. The van der Waals surface area contributed by atoms with E-state index < -0.39 is 5.91 Å². The summed E-state index contributed by atoms with van der Waals surface area (Å²) in [5.74, 6) is -0.682. The minimum Gasteiger partial charge on any atom is -0.352 e. The van der Waals surface area contributed by atoms with E-state index in [1.807, 2.05) is 6.92 Å². The van der Waals surface area contributed by atoms with Crippen molar-refractivity contribution in [3.05, 3.63) is 63.0 Å². The van der Waals surface area contributed by atoms with Crippen LogP contribution in [0, 0.1) is 0 Å². The number of amides is 2. The number of carbonyl (C=O) groups is 2. The summed E-state index contributed by atoms with van der Waals surface area (Å²) in [6, 6.07) is 7.44. The minimum atomic E-state index is -0.424. The fraction of sp³-hybridized carbons (Fsp3) is 0.235. The average Bonchev–Trinajstić information content (AvgIpc) is 2.55. The van der Waals surface area contributed by atoms with E-state index in [4.69, 9.17) is 11.6 Å². The fourth-order valence-electron chi connectivity index (χ4n) is 2.00. The van der Waals surface area contributed by atoms with Crippen molar-refractivity contribution in [3.63, 3.8) is 0 Å². The predicted molar refractivity (Wildman–Crippen MR) is 93.7 cm³/mol. The number of anilines is 1. The van der Waals surface area contributed by atoms with Gasteiger partial charge in [0.2, 0.25) is 0 Å². The molecule has 0 radical (unpaired) electrons. The topological polar surface area (TPSA) is 80.2 Å². The van der Waals surface area contributed by atoms with E-state index in [1.165, 1.54) is 22.9 Å². The van der Waals surface area contributed by atoms with Gasteiger partial charge in [0, 0.05) is 37.1 Å². The number of nitrogens with one attached hydrogen (secondary N) is 2. The highest BCUT2D eigenvalue weighted by atomic mass is 35.5. The number of hydrogen-bond acceptors (Lipinski definition) is 3. The average molecular weight is 348 g/mol. The first-order valence-corrected chi connectivity index (χ1v) is 7.86. The van der Waals surface area contributed by atoms with Crippen molar-refractivity contribution >= 4 is 29.1 Å². The van der Waals surface area contributed by atoms with Gasteiger partial charge in [0.05, 0.1) is 10.6 Å². The number of aromatic nitrogens is 1. The molecular formula is C17H18ClN3O3. The van der Waals surface area contributed by atoms with Gasteiger partial charge in [-0.2, -0.15) is 0 Å². The molecule has 2 aromatic rings. The van der Waals surface area contributed by atoms with Crippen molar-refractivity contribution in [2.24, 2.45) is 7.05 Å². The molecule has 126 valence electrons. The monoisotopic (exact) mass is 347 g/mol. The second kappa shape index (κ2) is 7.79. The van der Waals surface area contributed by atoms with E-state index in [1.54, 1.807) is 25.2 Å². The van der Waals surface area contributed by atoms with Crippen LogP contribution in [0.15, 0.2) is 41.3 Å². The smallest absolute Gasteiger partial charge is 0.255 e. The summed E-state index contributed by atoms with van der Waals surface area (Å²) in [6.45, 7) is 2.52. The van der Waals surface area contributed by atoms with E-state index in [0.717, 1.165) is 6.42 Å². The number of aryl methyl sites for hydroxylation is 1. The molecule has 0 aliphatic heterocycles. The molecule has 2 amide bonds. The predicted octanol–water partition coefficient (Wildman–Crippen LogP) is 2.43. The molecule has 6 nitrogen and oxygen atoms in total. The van der Waals surface area contributed by atoms with Crippen LogP contribution >= 0.6 is 11.6 Å². The highest BCUT2D eigenvalue weighted by molar-refractivity contribution is 6.34. The summed E-state index contributed by atoms with van der Waals surface area (Å²) in [5.41, 5.74) is 0.761. The minimum absolute atomic E-state index is 0.241. The molecule has 2 rings (SSSR count). The van der Waals surface area contributed by atoms with E-state index in [-0.39, 0.29) is 22.1 Å². The Hall–Kier alpha value is -2.60. The van der Waals surface area contributed by atoms with Gasteiger partial charge in [0.1, 0.15) is 0 Å². The Bertz CT molecular complexity index is 830. The van der Waals surface area contributed by atoms with Gasteiger partial charge >= 0.3 is 0 Å². The Labute approximate surface area is 144 Å². The van der Waals surface area contributed by atoms with E-state index >= 15 is 0 Å². The second-order valence-electron chi connectivity index (χ2n) is 5.27. The number of pyridine rings is 1. The van der Waals surface area contributed by atoms with Crippen LogP contribution in [0.2, 0.25) is 5.02 Å². The molecule has 1 aromatic carbocycles. The molecule has 24 heavy (non-hydrogen) atoms. The maximum atomic E-state index is 12.2. The first-order chi connectivity index (χ1) is 11.4. The third-order valence-electron chi connectivity index (χ3n) is 3.37. The summed E-state index contributed by atoms with van der Waals surface area (Å²) in [7, 11) is 1.60. The number of benzene rings is 1. The van der Waals surface area contributed by atoms with Gasteiger partial charge in [-0.25, -0.2) is 0 Å². The molecular weight excluding hydrogens is 330 g/mol. The third-order valence-corrected chi connectivity index (χ3v) is 3.69. The Kier molecular flexibility index (Phi) is 5.76. The van der Waals surface area contributed by atoms with Crippen LogP contribution in [0.25, 0.3) is 0 Å². The van der Waals surface area contributed by atoms with Crippen LogP contribution in [0.1, 0.15) is 34.1 Å². The Morgan fingerprint density at radius 1 is 1.17 bits per heavy atom. The standard InChI is InChI=1S/C17H18ClN3O3/c1-3-7-19-17(24)13-5-4-12(10-14(13)18)20-16(23)11-6-8-21(2)15(22)9-11/h4-6,8-10H,3,7H2,1-2H3,(H,19,24)(H,20,23). The largest absolute Gasteiger partial charge is 0.352 e. The molecule has 2 N–H and O–H groups in total. The van der Waals surface area contributed by atoms with Crippen molar-refractivity contribution in [2.45, 2.75) is 13.3 Å². The van der Waals surface area contributed by atoms with Crippen LogP contribution in [-0.4, -0.2) is 22.9 Å². The zero-order chi connectivity index (χ0) is 17.7. The van der Waals surface area contributed by atoms with Crippen LogP contribution in [0.3, 0.4) is 0 Å². The summed E-state index contributed by atoms with van der Waals surface area (Å²) in [5, 5.41) is 5.63. The van der Waals surface area contributed by atoms with Crippen molar-refractivity contribution in [2.75, 3.05) is 11.9 Å². The maximum Gasteiger partial charge on any atom is 0.255 e. The first kappa shape index (κ1) is 17.7. The van der Waals surface area contributed by atoms with Gasteiger partial charge in [-0.05, 0) is 30.7 Å². The van der Waals surface area contributed by atoms with Gasteiger partial charge in [0.15, 0.2) is 0 Å². The fourth-order valence-corrected chi connectivity index (χ4v) is 2.27. The molecule has 0 saturated carbocycles. The summed E-state index contributed by atoms with van der Waals surface area (Å²) in [6.07, 6.45) is 2.35. The van der Waals surface area contributed by atoms with Gasteiger partial charge in [-0.3, -0.25) is 14.4 Å². The Morgan fingerprint density at radius 2 is 1.92 bits per heavy atom. The van der Waals surface area contributed by atoms with E-state index in [2.05, 4.69) is 10.6 Å². The van der Waals surface area contributed by atoms with Crippen LogP contribution in [0.4, 0.5) is 5.69 Å². The molecule has 1 heterocycles. The van der Waals surface area contributed by atoms with Crippen molar-refractivity contribution in [1.82, 2.24) is 9.88 Å². The zero-order valence-electron chi connectivity index (χ0n) is 13.4. The van der Waals surface area contributed by atoms with Crippen molar-refractivity contribution in [1.29, 1.82) is 0 Å². The molecule has 0 unspecified atom stereocenters. The van der Waals surface area contributed by atoms with Crippen LogP contribution in [0.5, 0.6) is 0 Å². The van der Waals surface area contributed by atoms with Gasteiger partial charge in [-0.15, -0.1) is 0 Å². The maximum absolute atomic E-state index is 12.2. The molecule has 0 aliphatic carbocycles. The van der Waals surface area contributed by atoms with E-state index in [0.29, 0.717) is 17.8 Å². The molecule has 0 saturated heterocycles. The Balaban J connectivity index is 2.14. The third kappa shape index (κ3) is 4.23. The molecule has 7 heteroatoms. The molecule has 1 aromatic heterocycles. The Morgan fingerprint density at radius 3 is 2.54 bits per heavy atom. The summed E-state index contributed by atoms with van der Waals surface area (Å²) < 4.78 is 1.37. The number of halogens is 1. The van der Waals surface area contributed by atoms with Crippen molar-refractivity contribution < 1.29 is 9.59 Å². The molecule has 0 atom stereocenters. The van der Waals surface area contributed by atoms with Gasteiger partial charge in [0.25, 0.3) is 17.4 Å². The quantitative estimate of drug-likeness (QED) is 0.871. The van der Waals surface area contributed by atoms with Crippen molar-refractivity contribution in [3.8, 4) is 0 Å². The number of carbonyl (C=O) groups excluding carboxylic acids is 2. The normalized spacial score (nSPS) is 10.3. The summed E-state index contributed by atoms with van der Waals surface area (Å²) >= 11 is 6.11. The molecule has 0 spiro atoms.